The molecule has 0 aromatic heterocycles. The van der Waals surface area contributed by atoms with Crippen LogP contribution in [-0.2, 0) is 0 Å². The monoisotopic (exact) mass is 350 g/mol. The van der Waals surface area contributed by atoms with E-state index in [4.69, 9.17) is 23.2 Å². The highest BCUT2D eigenvalue weighted by Crippen LogP contribution is 2.37. The molecule has 2 aromatic rings. The Bertz CT molecular complexity index is 567. The van der Waals surface area contributed by atoms with Crippen LogP contribution < -0.4 is 0 Å². The van der Waals surface area contributed by atoms with E-state index in [0.29, 0.717) is 21.2 Å². The van der Waals surface area contributed by atoms with Crippen LogP contribution in [-0.4, -0.2) is 0 Å². The molecule has 0 aliphatic heterocycles. The van der Waals surface area contributed by atoms with Gasteiger partial charge >= 0.3 is 0 Å². The third-order valence-electron chi connectivity index (χ3n) is 2.41. The molecular formula is C13H7BrCl2F2. The summed E-state index contributed by atoms with van der Waals surface area (Å²) >= 11 is 15.3. The van der Waals surface area contributed by atoms with Crippen molar-refractivity contribution in [3.63, 3.8) is 0 Å². The topological polar surface area (TPSA) is 0 Å². The smallest absolute Gasteiger partial charge is 0.126 e. The molecule has 0 heterocycles. The Kier molecular flexibility index (Phi) is 4.25. The van der Waals surface area contributed by atoms with E-state index in [9.17, 15) is 8.78 Å². The fourth-order valence-electron chi connectivity index (χ4n) is 1.61. The minimum Gasteiger partial charge on any atom is -0.207 e. The zero-order chi connectivity index (χ0) is 13.3. The molecule has 18 heavy (non-hydrogen) atoms. The van der Waals surface area contributed by atoms with Gasteiger partial charge in [-0.1, -0.05) is 39.1 Å². The first-order chi connectivity index (χ1) is 8.47. The van der Waals surface area contributed by atoms with Crippen molar-refractivity contribution in [1.82, 2.24) is 0 Å². The van der Waals surface area contributed by atoms with Crippen LogP contribution in [0, 0.1) is 11.6 Å². The average Bonchev–Trinajstić information content (AvgIpc) is 2.30. The van der Waals surface area contributed by atoms with E-state index >= 15 is 0 Å². The van der Waals surface area contributed by atoms with E-state index in [-0.39, 0.29) is 0 Å². The Morgan fingerprint density at radius 1 is 0.944 bits per heavy atom. The number of halogens is 5. The van der Waals surface area contributed by atoms with Gasteiger partial charge in [-0.25, -0.2) is 8.78 Å². The first-order valence-corrected chi connectivity index (χ1v) is 6.69. The summed E-state index contributed by atoms with van der Waals surface area (Å²) in [6, 6.07) is 8.27. The molecule has 2 rings (SSSR count). The second-order valence-electron chi connectivity index (χ2n) is 3.73. The maximum atomic E-state index is 13.2. The van der Waals surface area contributed by atoms with Gasteiger partial charge in [0.05, 0.1) is 4.83 Å². The van der Waals surface area contributed by atoms with Gasteiger partial charge in [0, 0.05) is 16.1 Å². The minimum absolute atomic E-state index is 0.422. The van der Waals surface area contributed by atoms with Crippen LogP contribution >= 0.6 is 39.1 Å². The third-order valence-corrected chi connectivity index (χ3v) is 4.01. The molecule has 0 N–H and O–H groups in total. The second-order valence-corrected chi connectivity index (χ2v) is 5.49. The molecule has 2 aromatic carbocycles. The van der Waals surface area contributed by atoms with Crippen molar-refractivity contribution < 1.29 is 8.78 Å². The second kappa shape index (κ2) is 5.55. The normalized spacial score (nSPS) is 12.5. The highest BCUT2D eigenvalue weighted by atomic mass is 79.9. The van der Waals surface area contributed by atoms with Crippen molar-refractivity contribution >= 4 is 39.1 Å². The van der Waals surface area contributed by atoms with E-state index in [0.717, 1.165) is 6.07 Å². The van der Waals surface area contributed by atoms with Crippen molar-refractivity contribution in [2.45, 2.75) is 4.83 Å². The lowest BCUT2D eigenvalue weighted by Gasteiger charge is -2.13. The van der Waals surface area contributed by atoms with E-state index in [1.807, 2.05) is 0 Å². The molecule has 0 radical (unpaired) electrons. The standard InChI is InChI=1S/C13H7BrCl2F2/c14-13(7-3-9(17)6-10(18)4-7)11-5-8(15)1-2-12(11)16/h1-6,13H. The van der Waals surface area contributed by atoms with Crippen LogP contribution in [0.1, 0.15) is 16.0 Å². The minimum atomic E-state index is -0.632. The largest absolute Gasteiger partial charge is 0.207 e. The molecule has 94 valence electrons. The summed E-state index contributed by atoms with van der Waals surface area (Å²) in [7, 11) is 0. The zero-order valence-corrected chi connectivity index (χ0v) is 12.0. The molecule has 0 aliphatic carbocycles. The zero-order valence-electron chi connectivity index (χ0n) is 8.93. The summed E-state index contributed by atoms with van der Waals surface area (Å²) in [5, 5.41) is 0.988. The highest BCUT2D eigenvalue weighted by Gasteiger charge is 2.16. The number of benzene rings is 2. The third kappa shape index (κ3) is 3.02. The Morgan fingerprint density at radius 2 is 1.56 bits per heavy atom. The van der Waals surface area contributed by atoms with Gasteiger partial charge < -0.3 is 0 Å². The van der Waals surface area contributed by atoms with Gasteiger partial charge in [0.15, 0.2) is 0 Å². The van der Waals surface area contributed by atoms with Gasteiger partial charge in [-0.15, -0.1) is 0 Å². The van der Waals surface area contributed by atoms with Crippen LogP contribution in [0.15, 0.2) is 36.4 Å². The van der Waals surface area contributed by atoms with Gasteiger partial charge in [0.1, 0.15) is 11.6 Å². The van der Waals surface area contributed by atoms with E-state index < -0.39 is 16.5 Å². The van der Waals surface area contributed by atoms with Gasteiger partial charge in [-0.2, -0.15) is 0 Å². The molecule has 0 nitrogen and oxygen atoms in total. The lowest BCUT2D eigenvalue weighted by atomic mass is 10.0. The van der Waals surface area contributed by atoms with Gasteiger partial charge in [-0.05, 0) is 41.5 Å². The summed E-state index contributed by atoms with van der Waals surface area (Å²) in [5.74, 6) is -1.26. The van der Waals surface area contributed by atoms with Crippen LogP contribution in [0.25, 0.3) is 0 Å². The predicted octanol–water partition coefficient (Wildman–Crippen LogP) is 5.76. The van der Waals surface area contributed by atoms with Crippen LogP contribution in [0.5, 0.6) is 0 Å². The Labute approximate surface area is 122 Å². The summed E-state index contributed by atoms with van der Waals surface area (Å²) in [5.41, 5.74) is 1.10. The molecule has 0 spiro atoms. The van der Waals surface area contributed by atoms with Crippen molar-refractivity contribution in [2.24, 2.45) is 0 Å². The lowest BCUT2D eigenvalue weighted by molar-refractivity contribution is 0.580. The van der Waals surface area contributed by atoms with Crippen LogP contribution in [0.4, 0.5) is 8.78 Å². The number of hydrogen-bond donors (Lipinski definition) is 0. The van der Waals surface area contributed by atoms with Crippen molar-refractivity contribution in [3.05, 3.63) is 69.2 Å². The van der Waals surface area contributed by atoms with Crippen molar-refractivity contribution in [2.75, 3.05) is 0 Å². The summed E-state index contributed by atoms with van der Waals surface area (Å²) in [4.78, 5) is -0.422. The van der Waals surface area contributed by atoms with Gasteiger partial charge in [-0.3, -0.25) is 0 Å². The van der Waals surface area contributed by atoms with Gasteiger partial charge in [0.25, 0.3) is 0 Å². The maximum Gasteiger partial charge on any atom is 0.126 e. The molecule has 5 heteroatoms. The molecule has 0 fully saturated rings. The summed E-state index contributed by atoms with van der Waals surface area (Å²) in [6.07, 6.45) is 0. The van der Waals surface area contributed by atoms with Gasteiger partial charge in [0.2, 0.25) is 0 Å². The summed E-state index contributed by atoms with van der Waals surface area (Å²) < 4.78 is 26.3. The van der Waals surface area contributed by atoms with E-state index in [1.54, 1.807) is 18.2 Å². The SMILES string of the molecule is Fc1cc(F)cc(C(Br)c2cc(Cl)ccc2Cl)c1. The van der Waals surface area contributed by atoms with Crippen molar-refractivity contribution in [3.8, 4) is 0 Å². The lowest BCUT2D eigenvalue weighted by Crippen LogP contribution is -1.96. The van der Waals surface area contributed by atoms with E-state index in [2.05, 4.69) is 15.9 Å². The summed E-state index contributed by atoms with van der Waals surface area (Å²) in [6.45, 7) is 0. The Hall–Kier alpha value is -0.640. The fourth-order valence-corrected chi connectivity index (χ4v) is 2.79. The van der Waals surface area contributed by atoms with Crippen molar-refractivity contribution in [1.29, 1.82) is 0 Å². The molecule has 1 unspecified atom stereocenters. The van der Waals surface area contributed by atoms with E-state index in [1.165, 1.54) is 12.1 Å². The quantitative estimate of drug-likeness (QED) is 0.604. The number of alkyl halides is 1. The predicted molar refractivity (Wildman–Crippen MR) is 73.6 cm³/mol. The molecular weight excluding hydrogens is 345 g/mol. The van der Waals surface area contributed by atoms with Crippen LogP contribution in [0.2, 0.25) is 10.0 Å². The Morgan fingerprint density at radius 3 is 2.17 bits per heavy atom. The van der Waals surface area contributed by atoms with Crippen LogP contribution in [0.3, 0.4) is 0 Å². The molecule has 0 bridgehead atoms. The molecule has 1 atom stereocenters. The number of rotatable bonds is 2. The molecule has 0 saturated heterocycles. The molecule has 0 saturated carbocycles. The molecule has 0 amide bonds. The maximum absolute atomic E-state index is 13.2. The number of hydrogen-bond acceptors (Lipinski definition) is 0. The highest BCUT2D eigenvalue weighted by molar-refractivity contribution is 9.09. The average molecular weight is 352 g/mol. The first-order valence-electron chi connectivity index (χ1n) is 5.02. The fraction of sp³-hybridized carbons (Fsp3) is 0.0769. The molecule has 0 aliphatic rings. The Balaban J connectivity index is 2.47. The first kappa shape index (κ1) is 13.8.